The molecule has 0 saturated carbocycles. The van der Waals surface area contributed by atoms with E-state index in [-0.39, 0.29) is 0 Å². The number of hydrogen-bond acceptors (Lipinski definition) is 3. The third-order valence-electron chi connectivity index (χ3n) is 4.10. The van der Waals surface area contributed by atoms with E-state index in [1.807, 2.05) is 6.07 Å². The highest BCUT2D eigenvalue weighted by Crippen LogP contribution is 2.20. The van der Waals surface area contributed by atoms with Gasteiger partial charge in [-0.2, -0.15) is 0 Å². The molecule has 0 spiro atoms. The molecule has 21 heavy (non-hydrogen) atoms. The SMILES string of the molecule is CCNC(CN(CC)CC(C)CC)c1cccc(OC)c1. The summed E-state index contributed by atoms with van der Waals surface area (Å²) >= 11 is 0. The number of likely N-dealkylation sites (N-methyl/N-ethyl adjacent to an activating group) is 2. The van der Waals surface area contributed by atoms with Crippen molar-refractivity contribution in [2.24, 2.45) is 5.92 Å². The predicted octanol–water partition coefficient (Wildman–Crippen LogP) is 3.71. The molecule has 3 heteroatoms. The van der Waals surface area contributed by atoms with E-state index in [0.29, 0.717) is 6.04 Å². The van der Waals surface area contributed by atoms with Gasteiger partial charge in [-0.1, -0.05) is 46.2 Å². The van der Waals surface area contributed by atoms with Crippen LogP contribution in [0.15, 0.2) is 24.3 Å². The van der Waals surface area contributed by atoms with Crippen molar-refractivity contribution in [2.75, 3.05) is 33.3 Å². The van der Waals surface area contributed by atoms with E-state index in [4.69, 9.17) is 4.74 Å². The first kappa shape index (κ1) is 18.0. The third-order valence-corrected chi connectivity index (χ3v) is 4.10. The van der Waals surface area contributed by atoms with Crippen LogP contribution in [0.3, 0.4) is 0 Å². The fraction of sp³-hybridized carbons (Fsp3) is 0.667. The van der Waals surface area contributed by atoms with E-state index in [1.165, 1.54) is 18.5 Å². The molecule has 0 radical (unpaired) electrons. The Morgan fingerprint density at radius 3 is 2.52 bits per heavy atom. The summed E-state index contributed by atoms with van der Waals surface area (Å²) in [6, 6.07) is 8.76. The van der Waals surface area contributed by atoms with Gasteiger partial charge in [0.1, 0.15) is 5.75 Å². The summed E-state index contributed by atoms with van der Waals surface area (Å²) in [5.41, 5.74) is 1.30. The third kappa shape index (κ3) is 6.06. The molecule has 0 aliphatic carbocycles. The highest BCUT2D eigenvalue weighted by atomic mass is 16.5. The van der Waals surface area contributed by atoms with Gasteiger partial charge in [0, 0.05) is 19.1 Å². The summed E-state index contributed by atoms with van der Waals surface area (Å²) in [6.45, 7) is 13.3. The molecule has 0 amide bonds. The van der Waals surface area contributed by atoms with Crippen LogP contribution in [-0.4, -0.2) is 38.2 Å². The van der Waals surface area contributed by atoms with Crippen LogP contribution in [0.1, 0.15) is 45.7 Å². The van der Waals surface area contributed by atoms with Gasteiger partial charge >= 0.3 is 0 Å². The Morgan fingerprint density at radius 2 is 1.95 bits per heavy atom. The fourth-order valence-electron chi connectivity index (χ4n) is 2.55. The molecule has 1 N–H and O–H groups in total. The molecule has 1 rings (SSSR count). The van der Waals surface area contributed by atoms with Gasteiger partial charge in [-0.25, -0.2) is 0 Å². The standard InChI is InChI=1S/C18H32N2O/c1-6-15(4)13-20(8-3)14-18(19-7-2)16-10-9-11-17(12-16)21-5/h9-12,15,18-19H,6-8,13-14H2,1-5H3. The molecule has 2 atom stereocenters. The second-order valence-corrected chi connectivity index (χ2v) is 5.75. The van der Waals surface area contributed by atoms with E-state index in [2.05, 4.69) is 56.1 Å². The Hall–Kier alpha value is -1.06. The first-order chi connectivity index (χ1) is 10.1. The number of nitrogens with one attached hydrogen (secondary N) is 1. The molecule has 2 unspecified atom stereocenters. The maximum Gasteiger partial charge on any atom is 0.119 e. The number of nitrogens with zero attached hydrogens (tertiary/aromatic N) is 1. The Morgan fingerprint density at radius 1 is 1.19 bits per heavy atom. The van der Waals surface area contributed by atoms with E-state index in [1.54, 1.807) is 7.11 Å². The molecule has 0 heterocycles. The predicted molar refractivity (Wildman–Crippen MR) is 91.0 cm³/mol. The summed E-state index contributed by atoms with van der Waals surface area (Å²) in [4.78, 5) is 2.54. The van der Waals surface area contributed by atoms with Crippen molar-refractivity contribution >= 4 is 0 Å². The smallest absolute Gasteiger partial charge is 0.119 e. The highest BCUT2D eigenvalue weighted by Gasteiger charge is 2.16. The maximum absolute atomic E-state index is 5.36. The molecular formula is C18H32N2O. The Labute approximate surface area is 130 Å². The van der Waals surface area contributed by atoms with Gasteiger partial charge in [0.15, 0.2) is 0 Å². The minimum Gasteiger partial charge on any atom is -0.497 e. The molecule has 1 aromatic rings. The molecule has 0 aromatic heterocycles. The van der Waals surface area contributed by atoms with Crippen LogP contribution in [-0.2, 0) is 0 Å². The summed E-state index contributed by atoms with van der Waals surface area (Å²) in [5.74, 6) is 1.68. The highest BCUT2D eigenvalue weighted by molar-refractivity contribution is 5.30. The largest absolute Gasteiger partial charge is 0.497 e. The lowest BCUT2D eigenvalue weighted by Crippen LogP contribution is -2.37. The average Bonchev–Trinajstić information content (AvgIpc) is 2.53. The van der Waals surface area contributed by atoms with Gasteiger partial charge < -0.3 is 15.0 Å². The number of hydrogen-bond donors (Lipinski definition) is 1. The normalized spacial score (nSPS) is 14.2. The lowest BCUT2D eigenvalue weighted by molar-refractivity contribution is 0.221. The second kappa shape index (κ2) is 9.80. The Kier molecular flexibility index (Phi) is 8.40. The summed E-state index contributed by atoms with van der Waals surface area (Å²) < 4.78 is 5.36. The molecule has 1 aromatic carbocycles. The lowest BCUT2D eigenvalue weighted by atomic mass is 10.0. The van der Waals surface area contributed by atoms with Crippen LogP contribution in [0.2, 0.25) is 0 Å². The van der Waals surface area contributed by atoms with Crippen LogP contribution in [0.4, 0.5) is 0 Å². The van der Waals surface area contributed by atoms with Crippen molar-refractivity contribution in [1.29, 1.82) is 0 Å². The van der Waals surface area contributed by atoms with Crippen molar-refractivity contribution in [3.8, 4) is 5.75 Å². The lowest BCUT2D eigenvalue weighted by Gasteiger charge is -2.29. The van der Waals surface area contributed by atoms with E-state index in [9.17, 15) is 0 Å². The Balaban J connectivity index is 2.79. The average molecular weight is 292 g/mol. The summed E-state index contributed by atoms with van der Waals surface area (Å²) in [6.07, 6.45) is 1.24. The van der Waals surface area contributed by atoms with Crippen molar-refractivity contribution in [1.82, 2.24) is 10.2 Å². The van der Waals surface area contributed by atoms with Crippen LogP contribution in [0.5, 0.6) is 5.75 Å². The van der Waals surface area contributed by atoms with Crippen LogP contribution in [0.25, 0.3) is 0 Å². The molecule has 0 bridgehead atoms. The number of rotatable bonds is 10. The van der Waals surface area contributed by atoms with Crippen molar-refractivity contribution in [2.45, 2.75) is 40.2 Å². The van der Waals surface area contributed by atoms with Gasteiger partial charge in [0.05, 0.1) is 7.11 Å². The van der Waals surface area contributed by atoms with Crippen LogP contribution in [0, 0.1) is 5.92 Å². The van der Waals surface area contributed by atoms with Crippen LogP contribution < -0.4 is 10.1 Å². The first-order valence-corrected chi connectivity index (χ1v) is 8.24. The molecular weight excluding hydrogens is 260 g/mol. The minimum atomic E-state index is 0.356. The second-order valence-electron chi connectivity index (χ2n) is 5.75. The van der Waals surface area contributed by atoms with Crippen molar-refractivity contribution < 1.29 is 4.74 Å². The number of methoxy groups -OCH3 is 1. The molecule has 0 saturated heterocycles. The zero-order valence-electron chi connectivity index (χ0n) is 14.4. The zero-order valence-corrected chi connectivity index (χ0v) is 14.4. The molecule has 0 fully saturated rings. The molecule has 0 aliphatic heterocycles. The van der Waals surface area contributed by atoms with Gasteiger partial charge in [-0.3, -0.25) is 0 Å². The van der Waals surface area contributed by atoms with Crippen molar-refractivity contribution in [3.05, 3.63) is 29.8 Å². The van der Waals surface area contributed by atoms with E-state index < -0.39 is 0 Å². The Bertz CT molecular complexity index is 395. The monoisotopic (exact) mass is 292 g/mol. The summed E-state index contributed by atoms with van der Waals surface area (Å²) in [5, 5.41) is 3.61. The molecule has 0 aliphatic rings. The molecule has 3 nitrogen and oxygen atoms in total. The van der Waals surface area contributed by atoms with Crippen molar-refractivity contribution in [3.63, 3.8) is 0 Å². The maximum atomic E-state index is 5.36. The zero-order chi connectivity index (χ0) is 15.7. The van der Waals surface area contributed by atoms with E-state index >= 15 is 0 Å². The van der Waals surface area contributed by atoms with Crippen LogP contribution >= 0.6 is 0 Å². The van der Waals surface area contributed by atoms with E-state index in [0.717, 1.165) is 31.3 Å². The topological polar surface area (TPSA) is 24.5 Å². The van der Waals surface area contributed by atoms with Gasteiger partial charge in [0.25, 0.3) is 0 Å². The number of ether oxygens (including phenoxy) is 1. The minimum absolute atomic E-state index is 0.356. The van der Waals surface area contributed by atoms with Gasteiger partial charge in [-0.15, -0.1) is 0 Å². The quantitative estimate of drug-likeness (QED) is 0.711. The molecule has 120 valence electrons. The van der Waals surface area contributed by atoms with Gasteiger partial charge in [0.2, 0.25) is 0 Å². The number of benzene rings is 1. The summed E-state index contributed by atoms with van der Waals surface area (Å²) in [7, 11) is 1.72. The fourth-order valence-corrected chi connectivity index (χ4v) is 2.55. The first-order valence-electron chi connectivity index (χ1n) is 8.24. The van der Waals surface area contributed by atoms with Gasteiger partial charge in [-0.05, 0) is 36.7 Å².